The average molecular weight is 470 g/mol. The van der Waals surface area contributed by atoms with E-state index in [1.165, 1.54) is 16.2 Å². The molecular weight excluding hydrogens is 450 g/mol. The van der Waals surface area contributed by atoms with Crippen molar-refractivity contribution < 1.29 is 19.1 Å². The summed E-state index contributed by atoms with van der Waals surface area (Å²) < 4.78 is 5.14. The van der Waals surface area contributed by atoms with Crippen molar-refractivity contribution in [3.63, 3.8) is 0 Å². The van der Waals surface area contributed by atoms with Gasteiger partial charge in [-0.15, -0.1) is 11.3 Å². The molecule has 2 aromatic carbocycles. The predicted molar refractivity (Wildman–Crippen MR) is 124 cm³/mol. The maximum absolute atomic E-state index is 13.2. The monoisotopic (exact) mass is 469 g/mol. The van der Waals surface area contributed by atoms with Crippen LogP contribution < -0.4 is 15.0 Å². The predicted octanol–water partition coefficient (Wildman–Crippen LogP) is 4.78. The van der Waals surface area contributed by atoms with Gasteiger partial charge in [0.05, 0.1) is 25.8 Å². The average Bonchev–Trinajstić information content (AvgIpc) is 3.41. The van der Waals surface area contributed by atoms with Crippen molar-refractivity contribution in [1.82, 2.24) is 4.90 Å². The summed E-state index contributed by atoms with van der Waals surface area (Å²) in [5, 5.41) is 5.22. The van der Waals surface area contributed by atoms with Crippen LogP contribution in [-0.2, 0) is 16.1 Å². The van der Waals surface area contributed by atoms with Gasteiger partial charge >= 0.3 is 6.03 Å². The number of hydrogen-bond donors (Lipinski definition) is 1. The molecule has 7 nitrogen and oxygen atoms in total. The lowest BCUT2D eigenvalue weighted by Gasteiger charge is -2.27. The van der Waals surface area contributed by atoms with E-state index in [2.05, 4.69) is 5.32 Å². The van der Waals surface area contributed by atoms with Crippen LogP contribution >= 0.6 is 22.9 Å². The van der Waals surface area contributed by atoms with Gasteiger partial charge in [0.15, 0.2) is 0 Å². The molecule has 1 saturated heterocycles. The van der Waals surface area contributed by atoms with Gasteiger partial charge in [0, 0.05) is 15.6 Å². The molecule has 1 N–H and O–H groups in total. The molecule has 1 fully saturated rings. The number of hydrogen-bond acceptors (Lipinski definition) is 5. The number of thiophene rings is 1. The first-order valence-corrected chi connectivity index (χ1v) is 11.1. The van der Waals surface area contributed by atoms with Crippen molar-refractivity contribution in [2.24, 2.45) is 0 Å². The van der Waals surface area contributed by atoms with E-state index in [9.17, 15) is 14.4 Å². The summed E-state index contributed by atoms with van der Waals surface area (Å²) in [6, 6.07) is 15.7. The molecule has 0 saturated carbocycles. The van der Waals surface area contributed by atoms with Crippen LogP contribution in [0.5, 0.6) is 5.75 Å². The number of halogens is 1. The van der Waals surface area contributed by atoms with E-state index >= 15 is 0 Å². The van der Waals surface area contributed by atoms with E-state index < -0.39 is 18.0 Å². The summed E-state index contributed by atoms with van der Waals surface area (Å²) in [5.74, 6) is -0.150. The summed E-state index contributed by atoms with van der Waals surface area (Å²) in [4.78, 5) is 42.6. The third-order valence-corrected chi connectivity index (χ3v) is 6.21. The number of urea groups is 1. The summed E-state index contributed by atoms with van der Waals surface area (Å²) in [5.41, 5.74) is 0.983. The smallest absolute Gasteiger partial charge is 0.322 e. The Hall–Kier alpha value is -3.36. The van der Waals surface area contributed by atoms with Gasteiger partial charge in [0.25, 0.3) is 5.91 Å². The second-order valence-corrected chi connectivity index (χ2v) is 8.60. The number of carbonyl (C=O) groups excluding carboxylic acids is 3. The zero-order chi connectivity index (χ0) is 22.7. The van der Waals surface area contributed by atoms with Gasteiger partial charge in [-0.25, -0.2) is 9.69 Å². The summed E-state index contributed by atoms with van der Waals surface area (Å²) in [7, 11) is 1.56. The zero-order valence-corrected chi connectivity index (χ0v) is 18.7. The first kappa shape index (κ1) is 21.9. The van der Waals surface area contributed by atoms with Crippen LogP contribution in [0.15, 0.2) is 66.0 Å². The molecule has 0 spiro atoms. The van der Waals surface area contributed by atoms with Gasteiger partial charge in [-0.05, 0) is 60.0 Å². The Balaban J connectivity index is 1.59. The van der Waals surface area contributed by atoms with Gasteiger partial charge in [-0.3, -0.25) is 9.59 Å². The molecule has 1 aliphatic rings. The summed E-state index contributed by atoms with van der Waals surface area (Å²) >= 11 is 7.41. The highest BCUT2D eigenvalue weighted by atomic mass is 35.5. The number of benzene rings is 2. The maximum atomic E-state index is 13.2. The molecule has 4 amide bonds. The number of imide groups is 1. The first-order chi connectivity index (χ1) is 15.5. The van der Waals surface area contributed by atoms with Gasteiger partial charge in [-0.2, -0.15) is 0 Å². The quantitative estimate of drug-likeness (QED) is 0.527. The minimum atomic E-state index is -0.918. The Morgan fingerprint density at radius 2 is 1.88 bits per heavy atom. The Morgan fingerprint density at radius 3 is 2.50 bits per heavy atom. The van der Waals surface area contributed by atoms with Crippen LogP contribution in [0.1, 0.15) is 11.3 Å². The number of methoxy groups -OCH3 is 1. The molecule has 1 unspecified atom stereocenters. The summed E-state index contributed by atoms with van der Waals surface area (Å²) in [6.45, 7) is 0.206. The van der Waals surface area contributed by atoms with Crippen LogP contribution in [0.2, 0.25) is 5.02 Å². The standard InChI is InChI=1S/C23H20ClN3O4S/c1-31-18-10-6-16(7-11-18)25-23(30)26(14-19-3-2-12-32-19)20-13-21(28)27(22(20)29)17-8-4-15(24)5-9-17/h2-12,20H,13-14H2,1H3,(H,25,30). The molecule has 2 heterocycles. The van der Waals surface area contributed by atoms with Gasteiger partial charge in [0.2, 0.25) is 5.91 Å². The lowest BCUT2D eigenvalue weighted by Crippen LogP contribution is -2.46. The Morgan fingerprint density at radius 1 is 1.16 bits per heavy atom. The first-order valence-electron chi connectivity index (χ1n) is 9.82. The largest absolute Gasteiger partial charge is 0.497 e. The SMILES string of the molecule is COc1ccc(NC(=O)N(Cc2cccs2)C2CC(=O)N(c3ccc(Cl)cc3)C2=O)cc1. The third kappa shape index (κ3) is 4.61. The number of nitrogens with one attached hydrogen (secondary N) is 1. The van der Waals surface area contributed by atoms with Crippen LogP contribution in [0.3, 0.4) is 0 Å². The molecule has 0 radical (unpaired) electrons. The van der Waals surface area contributed by atoms with Crippen molar-refractivity contribution in [1.29, 1.82) is 0 Å². The summed E-state index contributed by atoms with van der Waals surface area (Å²) in [6.07, 6.45) is -0.0944. The number of carbonyl (C=O) groups is 3. The molecule has 1 atom stereocenters. The fourth-order valence-corrected chi connectivity index (χ4v) is 4.31. The van der Waals surface area contributed by atoms with E-state index in [1.807, 2.05) is 17.5 Å². The number of rotatable bonds is 6. The minimum absolute atomic E-state index is 0.0944. The zero-order valence-electron chi connectivity index (χ0n) is 17.2. The molecule has 32 heavy (non-hydrogen) atoms. The normalized spacial score (nSPS) is 15.7. The molecule has 9 heteroatoms. The number of amides is 4. The van der Waals surface area contributed by atoms with E-state index in [0.717, 1.165) is 9.78 Å². The van der Waals surface area contributed by atoms with Crippen LogP contribution in [-0.4, -0.2) is 35.9 Å². The number of ether oxygens (including phenoxy) is 1. The highest BCUT2D eigenvalue weighted by Gasteiger charge is 2.44. The molecule has 3 aromatic rings. The van der Waals surface area contributed by atoms with Crippen molar-refractivity contribution in [2.45, 2.75) is 19.0 Å². The van der Waals surface area contributed by atoms with Gasteiger partial charge in [0.1, 0.15) is 11.8 Å². The second kappa shape index (κ2) is 9.42. The van der Waals surface area contributed by atoms with Crippen LogP contribution in [0.25, 0.3) is 0 Å². The van der Waals surface area contributed by atoms with Gasteiger partial charge in [-0.1, -0.05) is 17.7 Å². The molecule has 1 aromatic heterocycles. The maximum Gasteiger partial charge on any atom is 0.322 e. The van der Waals surface area contributed by atoms with E-state index in [-0.39, 0.29) is 18.9 Å². The molecule has 164 valence electrons. The lowest BCUT2D eigenvalue weighted by molar-refractivity contribution is -0.122. The van der Waals surface area contributed by atoms with Crippen LogP contribution in [0.4, 0.5) is 16.2 Å². The second-order valence-electron chi connectivity index (χ2n) is 7.13. The van der Waals surface area contributed by atoms with Crippen LogP contribution in [0, 0.1) is 0 Å². The van der Waals surface area contributed by atoms with E-state index in [0.29, 0.717) is 22.1 Å². The Labute approximate surface area is 194 Å². The van der Waals surface area contributed by atoms with Crippen molar-refractivity contribution in [2.75, 3.05) is 17.3 Å². The number of nitrogens with zero attached hydrogens (tertiary/aromatic N) is 2. The van der Waals surface area contributed by atoms with Crippen molar-refractivity contribution >= 4 is 52.2 Å². The lowest BCUT2D eigenvalue weighted by atomic mass is 10.2. The molecule has 0 bridgehead atoms. The number of anilines is 2. The van der Waals surface area contributed by atoms with E-state index in [1.54, 1.807) is 55.6 Å². The molecule has 0 aliphatic carbocycles. The fourth-order valence-electron chi connectivity index (χ4n) is 3.48. The van der Waals surface area contributed by atoms with Gasteiger partial charge < -0.3 is 15.0 Å². The fraction of sp³-hybridized carbons (Fsp3) is 0.174. The molecule has 4 rings (SSSR count). The Kier molecular flexibility index (Phi) is 6.43. The highest BCUT2D eigenvalue weighted by molar-refractivity contribution is 7.09. The molecular formula is C23H20ClN3O4S. The highest BCUT2D eigenvalue weighted by Crippen LogP contribution is 2.29. The van der Waals surface area contributed by atoms with Crippen molar-refractivity contribution in [3.05, 3.63) is 75.9 Å². The molecule has 1 aliphatic heterocycles. The third-order valence-electron chi connectivity index (χ3n) is 5.09. The minimum Gasteiger partial charge on any atom is -0.497 e. The van der Waals surface area contributed by atoms with Crippen molar-refractivity contribution in [3.8, 4) is 5.75 Å². The van der Waals surface area contributed by atoms with E-state index in [4.69, 9.17) is 16.3 Å². The Bertz CT molecular complexity index is 1120. The topological polar surface area (TPSA) is 79.0 Å².